The van der Waals surface area contributed by atoms with E-state index in [1.165, 1.54) is 0 Å². The number of sulfonamides is 1. The zero-order valence-corrected chi connectivity index (χ0v) is 16.2. The topological polar surface area (TPSA) is 78.5 Å². The van der Waals surface area contributed by atoms with E-state index in [4.69, 9.17) is 0 Å². The van der Waals surface area contributed by atoms with Crippen molar-refractivity contribution in [2.24, 2.45) is 0 Å². The number of anilines is 2. The molecule has 6 nitrogen and oxygen atoms in total. The molecule has 3 rings (SSSR count). The van der Waals surface area contributed by atoms with E-state index in [2.05, 4.69) is 10.1 Å². The third kappa shape index (κ3) is 5.59. The molecule has 7 heteroatoms. The maximum atomic E-state index is 12.7. The normalized spacial score (nSPS) is 10.9. The van der Waals surface area contributed by atoms with E-state index >= 15 is 0 Å². The zero-order chi connectivity index (χ0) is 20.0. The summed E-state index contributed by atoms with van der Waals surface area (Å²) in [5.41, 5.74) is 5.66. The molecule has 0 atom stereocenters. The Kier molecular flexibility index (Phi) is 5.96. The Hall–Kier alpha value is -3.32. The Morgan fingerprint density at radius 1 is 0.857 bits per heavy atom. The molecule has 0 aliphatic rings. The number of benzene rings is 3. The Morgan fingerprint density at radius 2 is 1.43 bits per heavy atom. The fourth-order valence-corrected chi connectivity index (χ4v) is 3.22. The van der Waals surface area contributed by atoms with Gasteiger partial charge in [-0.1, -0.05) is 48.5 Å². The lowest BCUT2D eigenvalue weighted by atomic mass is 10.2. The highest BCUT2D eigenvalue weighted by molar-refractivity contribution is 7.92. The minimum Gasteiger partial charge on any atom is -0.284 e. The van der Waals surface area contributed by atoms with Gasteiger partial charge in [-0.3, -0.25) is 20.0 Å². The predicted molar refractivity (Wildman–Crippen MR) is 111 cm³/mol. The molecule has 3 aromatic carbocycles. The van der Waals surface area contributed by atoms with Crippen LogP contribution in [0.5, 0.6) is 0 Å². The lowest BCUT2D eigenvalue weighted by molar-refractivity contribution is 0.0948. The molecule has 0 aliphatic heterocycles. The van der Waals surface area contributed by atoms with Crippen LogP contribution >= 0.6 is 0 Å². The van der Waals surface area contributed by atoms with Crippen molar-refractivity contribution >= 4 is 27.3 Å². The van der Waals surface area contributed by atoms with Gasteiger partial charge in [0.05, 0.1) is 18.5 Å². The smallest absolute Gasteiger partial charge is 0.269 e. The molecule has 0 unspecified atom stereocenters. The molecule has 0 radical (unpaired) electrons. The van der Waals surface area contributed by atoms with Crippen LogP contribution in [-0.2, 0) is 16.6 Å². The second-order valence-electron chi connectivity index (χ2n) is 6.30. The average molecular weight is 395 g/mol. The van der Waals surface area contributed by atoms with Crippen molar-refractivity contribution in [3.05, 3.63) is 96.1 Å². The van der Waals surface area contributed by atoms with Crippen LogP contribution in [0.2, 0.25) is 0 Å². The van der Waals surface area contributed by atoms with Gasteiger partial charge >= 0.3 is 0 Å². The molecule has 1 amide bonds. The molecule has 144 valence electrons. The van der Waals surface area contributed by atoms with Crippen molar-refractivity contribution in [2.75, 3.05) is 16.0 Å². The van der Waals surface area contributed by atoms with E-state index in [-0.39, 0.29) is 5.91 Å². The number of hydrogen-bond donors (Lipinski definition) is 2. The van der Waals surface area contributed by atoms with E-state index in [0.717, 1.165) is 17.5 Å². The highest BCUT2D eigenvalue weighted by atomic mass is 32.2. The van der Waals surface area contributed by atoms with E-state index in [1.807, 2.05) is 60.7 Å². The molecular formula is C21H21N3O3S. The lowest BCUT2D eigenvalue weighted by Gasteiger charge is -2.25. The molecular weight excluding hydrogens is 374 g/mol. The molecule has 28 heavy (non-hydrogen) atoms. The van der Waals surface area contributed by atoms with Crippen LogP contribution in [0, 0.1) is 0 Å². The van der Waals surface area contributed by atoms with Gasteiger partial charge < -0.3 is 0 Å². The van der Waals surface area contributed by atoms with Crippen molar-refractivity contribution in [3.8, 4) is 0 Å². The van der Waals surface area contributed by atoms with Crippen LogP contribution in [0.25, 0.3) is 0 Å². The fourth-order valence-electron chi connectivity index (χ4n) is 2.66. The summed E-state index contributed by atoms with van der Waals surface area (Å²) < 4.78 is 25.0. The van der Waals surface area contributed by atoms with Crippen LogP contribution < -0.4 is 15.2 Å². The quantitative estimate of drug-likeness (QED) is 0.601. The molecule has 0 fully saturated rings. The third-order valence-electron chi connectivity index (χ3n) is 3.94. The van der Waals surface area contributed by atoms with Gasteiger partial charge in [0.15, 0.2) is 0 Å². The lowest BCUT2D eigenvalue weighted by Crippen LogP contribution is -2.42. The number of hydrazine groups is 1. The van der Waals surface area contributed by atoms with Crippen LogP contribution in [0.3, 0.4) is 0 Å². The first-order chi connectivity index (χ1) is 13.4. The fraction of sp³-hybridized carbons (Fsp3) is 0.0952. The first-order valence-electron chi connectivity index (χ1n) is 8.66. The third-order valence-corrected chi connectivity index (χ3v) is 4.54. The number of para-hydroxylation sites is 1. The Bertz CT molecular complexity index is 1020. The van der Waals surface area contributed by atoms with Gasteiger partial charge in [0.1, 0.15) is 0 Å². The molecule has 2 N–H and O–H groups in total. The first kappa shape index (κ1) is 19.4. The summed E-state index contributed by atoms with van der Waals surface area (Å²) >= 11 is 0. The summed E-state index contributed by atoms with van der Waals surface area (Å²) in [5.74, 6) is -0.286. The molecule has 0 aliphatic carbocycles. The summed E-state index contributed by atoms with van der Waals surface area (Å²) in [4.78, 5) is 12.7. The standard InChI is InChI=1S/C21H21N3O3S/c1-28(26,27)23-19-14-12-18(13-15-19)21(25)22-24(20-10-6-3-7-11-20)16-17-8-4-2-5-9-17/h2-15,23H,16H2,1H3,(H,22,25). The molecule has 0 saturated carbocycles. The van der Waals surface area contributed by atoms with E-state index < -0.39 is 10.0 Å². The summed E-state index contributed by atoms with van der Waals surface area (Å²) in [6.07, 6.45) is 1.08. The number of amides is 1. The number of hydrogen-bond acceptors (Lipinski definition) is 4. The SMILES string of the molecule is CS(=O)(=O)Nc1ccc(C(=O)NN(Cc2ccccc2)c2ccccc2)cc1. The van der Waals surface area contributed by atoms with Gasteiger partial charge in [-0.05, 0) is 42.0 Å². The van der Waals surface area contributed by atoms with Crippen molar-refractivity contribution in [2.45, 2.75) is 6.54 Å². The minimum absolute atomic E-state index is 0.286. The summed E-state index contributed by atoms with van der Waals surface area (Å²) in [6, 6.07) is 25.7. The first-order valence-corrected chi connectivity index (χ1v) is 10.6. The largest absolute Gasteiger partial charge is 0.284 e. The van der Waals surface area contributed by atoms with Gasteiger partial charge in [0.2, 0.25) is 10.0 Å². The Balaban J connectivity index is 1.77. The highest BCUT2D eigenvalue weighted by Crippen LogP contribution is 2.16. The molecule has 0 bridgehead atoms. The van der Waals surface area contributed by atoms with Crippen LogP contribution in [0.1, 0.15) is 15.9 Å². The van der Waals surface area contributed by atoms with Crippen LogP contribution in [0.4, 0.5) is 11.4 Å². The molecule has 0 spiro atoms. The summed E-state index contributed by atoms with van der Waals surface area (Å²) in [5, 5.41) is 1.78. The molecule has 0 saturated heterocycles. The monoisotopic (exact) mass is 395 g/mol. The van der Waals surface area contributed by atoms with E-state index in [9.17, 15) is 13.2 Å². The highest BCUT2D eigenvalue weighted by Gasteiger charge is 2.13. The van der Waals surface area contributed by atoms with Gasteiger partial charge in [-0.15, -0.1) is 0 Å². The Morgan fingerprint density at radius 3 is 2.00 bits per heavy atom. The maximum absolute atomic E-state index is 12.7. The predicted octanol–water partition coefficient (Wildman–Crippen LogP) is 3.41. The number of nitrogens with zero attached hydrogens (tertiary/aromatic N) is 1. The van der Waals surface area contributed by atoms with Crippen molar-refractivity contribution in [1.29, 1.82) is 0 Å². The molecule has 0 aromatic heterocycles. The van der Waals surface area contributed by atoms with Crippen molar-refractivity contribution in [3.63, 3.8) is 0 Å². The number of carbonyl (C=O) groups excluding carboxylic acids is 1. The van der Waals surface area contributed by atoms with Crippen molar-refractivity contribution < 1.29 is 13.2 Å². The maximum Gasteiger partial charge on any atom is 0.269 e. The number of rotatable bonds is 7. The van der Waals surface area contributed by atoms with Gasteiger partial charge in [-0.25, -0.2) is 8.42 Å². The van der Waals surface area contributed by atoms with E-state index in [1.54, 1.807) is 29.3 Å². The molecule has 3 aromatic rings. The minimum atomic E-state index is -3.36. The van der Waals surface area contributed by atoms with Crippen LogP contribution in [0.15, 0.2) is 84.9 Å². The molecule has 0 heterocycles. The van der Waals surface area contributed by atoms with Gasteiger partial charge in [0.25, 0.3) is 5.91 Å². The van der Waals surface area contributed by atoms with Gasteiger partial charge in [-0.2, -0.15) is 0 Å². The van der Waals surface area contributed by atoms with Crippen molar-refractivity contribution in [1.82, 2.24) is 5.43 Å². The second-order valence-corrected chi connectivity index (χ2v) is 8.05. The van der Waals surface area contributed by atoms with Gasteiger partial charge in [0, 0.05) is 11.3 Å². The average Bonchev–Trinajstić information content (AvgIpc) is 2.68. The van der Waals surface area contributed by atoms with E-state index in [0.29, 0.717) is 17.8 Å². The number of nitrogens with one attached hydrogen (secondary N) is 2. The van der Waals surface area contributed by atoms with Crippen LogP contribution in [-0.4, -0.2) is 20.6 Å². The summed E-state index contributed by atoms with van der Waals surface area (Å²) in [7, 11) is -3.36. The summed E-state index contributed by atoms with van der Waals surface area (Å²) in [6.45, 7) is 0.504. The Labute approximate surface area is 164 Å². The number of carbonyl (C=O) groups is 1. The second kappa shape index (κ2) is 8.58. The zero-order valence-electron chi connectivity index (χ0n) is 15.4.